The molecular formula is C22H30F3N3O4. The summed E-state index contributed by atoms with van der Waals surface area (Å²) in [5.74, 6) is 0.266. The molecule has 1 saturated carbocycles. The Morgan fingerprint density at radius 3 is 2.44 bits per heavy atom. The van der Waals surface area contributed by atoms with Crippen molar-refractivity contribution in [1.82, 2.24) is 15.1 Å². The summed E-state index contributed by atoms with van der Waals surface area (Å²) in [4.78, 5) is 28.7. The molecule has 1 aliphatic heterocycles. The Labute approximate surface area is 185 Å². The topological polar surface area (TPSA) is 71.1 Å². The normalized spacial score (nSPS) is 18.2. The number of piperazine rings is 1. The van der Waals surface area contributed by atoms with E-state index in [9.17, 15) is 22.8 Å². The van der Waals surface area contributed by atoms with Crippen molar-refractivity contribution in [2.24, 2.45) is 0 Å². The first-order chi connectivity index (χ1) is 15.2. The number of nitrogens with one attached hydrogen (secondary N) is 1. The van der Waals surface area contributed by atoms with E-state index in [2.05, 4.69) is 10.2 Å². The lowest BCUT2D eigenvalue weighted by Gasteiger charge is -2.37. The fourth-order valence-electron chi connectivity index (χ4n) is 3.63. The average molecular weight is 457 g/mol. The molecule has 32 heavy (non-hydrogen) atoms. The second-order valence-corrected chi connectivity index (χ2v) is 8.26. The largest absolute Gasteiger partial charge is 0.493 e. The molecule has 7 nitrogen and oxygen atoms in total. The van der Waals surface area contributed by atoms with Gasteiger partial charge in [-0.25, -0.2) is 0 Å². The molecule has 2 fully saturated rings. The number of ether oxygens (including phenoxy) is 2. The van der Waals surface area contributed by atoms with Crippen molar-refractivity contribution in [2.45, 2.75) is 50.9 Å². The van der Waals surface area contributed by atoms with Crippen LogP contribution in [0.15, 0.2) is 18.2 Å². The molecule has 0 spiro atoms. The Hall–Kier alpha value is -2.49. The van der Waals surface area contributed by atoms with E-state index in [-0.39, 0.29) is 35.8 Å². The zero-order chi connectivity index (χ0) is 23.3. The van der Waals surface area contributed by atoms with Gasteiger partial charge in [-0.2, -0.15) is 13.2 Å². The van der Waals surface area contributed by atoms with Crippen LogP contribution < -0.4 is 14.8 Å². The SMILES string of the molecule is COc1cc(CCC(=O)N2CCN(C(C)C(=O)NC3CC3)CC2)ccc1OCC(F)(F)F. The average Bonchev–Trinajstić information content (AvgIpc) is 3.59. The van der Waals surface area contributed by atoms with Crippen LogP contribution in [0.5, 0.6) is 11.5 Å². The summed E-state index contributed by atoms with van der Waals surface area (Å²) in [6.07, 6.45) is -1.61. The number of hydrogen-bond acceptors (Lipinski definition) is 5. The number of halogens is 3. The van der Waals surface area contributed by atoms with Crippen LogP contribution in [0, 0.1) is 0 Å². The third-order valence-electron chi connectivity index (χ3n) is 5.76. The molecule has 2 amide bonds. The fraction of sp³-hybridized carbons (Fsp3) is 0.636. The minimum absolute atomic E-state index is 0.0101. The third-order valence-corrected chi connectivity index (χ3v) is 5.76. The number of benzene rings is 1. The highest BCUT2D eigenvalue weighted by molar-refractivity contribution is 5.82. The molecule has 10 heteroatoms. The number of aryl methyl sites for hydroxylation is 1. The van der Waals surface area contributed by atoms with Gasteiger partial charge < -0.3 is 19.7 Å². The van der Waals surface area contributed by atoms with Crippen LogP contribution in [0.1, 0.15) is 31.7 Å². The van der Waals surface area contributed by atoms with Crippen LogP contribution in [0.4, 0.5) is 13.2 Å². The molecule has 1 aliphatic carbocycles. The number of nitrogens with zero attached hydrogens (tertiary/aromatic N) is 2. The fourth-order valence-corrected chi connectivity index (χ4v) is 3.63. The lowest BCUT2D eigenvalue weighted by atomic mass is 10.1. The first kappa shape index (κ1) is 24.2. The van der Waals surface area contributed by atoms with Gasteiger partial charge in [0.05, 0.1) is 13.2 Å². The number of rotatable bonds is 9. The van der Waals surface area contributed by atoms with Gasteiger partial charge in [-0.15, -0.1) is 0 Å². The predicted molar refractivity (Wildman–Crippen MR) is 112 cm³/mol. The van der Waals surface area contributed by atoms with E-state index in [0.29, 0.717) is 38.6 Å². The molecule has 1 atom stereocenters. The van der Waals surface area contributed by atoms with E-state index >= 15 is 0 Å². The first-order valence-electron chi connectivity index (χ1n) is 10.8. The number of carbonyl (C=O) groups is 2. The van der Waals surface area contributed by atoms with Crippen molar-refractivity contribution in [2.75, 3.05) is 39.9 Å². The van der Waals surface area contributed by atoms with Gasteiger partial charge in [0.25, 0.3) is 0 Å². The minimum atomic E-state index is -4.43. The summed E-state index contributed by atoms with van der Waals surface area (Å²) >= 11 is 0. The van der Waals surface area contributed by atoms with Gasteiger partial charge in [-0.05, 0) is 43.9 Å². The lowest BCUT2D eigenvalue weighted by molar-refractivity contribution is -0.153. The molecule has 0 radical (unpaired) electrons. The maximum absolute atomic E-state index is 12.6. The molecule has 2 aliphatic rings. The minimum Gasteiger partial charge on any atom is -0.493 e. The van der Waals surface area contributed by atoms with Gasteiger partial charge >= 0.3 is 6.18 Å². The molecule has 1 N–H and O–H groups in total. The maximum atomic E-state index is 12.6. The van der Waals surface area contributed by atoms with E-state index in [4.69, 9.17) is 9.47 Å². The number of alkyl halides is 3. The van der Waals surface area contributed by atoms with Crippen molar-refractivity contribution < 1.29 is 32.2 Å². The molecule has 1 heterocycles. The van der Waals surface area contributed by atoms with Gasteiger partial charge in [0, 0.05) is 38.6 Å². The highest BCUT2D eigenvalue weighted by atomic mass is 19.4. The van der Waals surface area contributed by atoms with E-state index in [1.54, 1.807) is 17.0 Å². The van der Waals surface area contributed by atoms with Crippen molar-refractivity contribution in [3.8, 4) is 11.5 Å². The van der Waals surface area contributed by atoms with E-state index in [1.165, 1.54) is 13.2 Å². The van der Waals surface area contributed by atoms with Crippen LogP contribution in [-0.4, -0.2) is 79.8 Å². The van der Waals surface area contributed by atoms with Crippen LogP contribution in [-0.2, 0) is 16.0 Å². The van der Waals surface area contributed by atoms with Crippen LogP contribution in [0.3, 0.4) is 0 Å². The van der Waals surface area contributed by atoms with Gasteiger partial charge in [-0.1, -0.05) is 6.07 Å². The smallest absolute Gasteiger partial charge is 0.422 e. The second-order valence-electron chi connectivity index (χ2n) is 8.26. The van der Waals surface area contributed by atoms with Crippen molar-refractivity contribution >= 4 is 11.8 Å². The monoisotopic (exact) mass is 457 g/mol. The van der Waals surface area contributed by atoms with Gasteiger partial charge in [0.15, 0.2) is 18.1 Å². The molecule has 0 bridgehead atoms. The number of hydrogen-bond donors (Lipinski definition) is 1. The second kappa shape index (κ2) is 10.4. The predicted octanol–water partition coefficient (Wildman–Crippen LogP) is 2.38. The zero-order valence-corrected chi connectivity index (χ0v) is 18.4. The summed E-state index contributed by atoms with van der Waals surface area (Å²) in [5, 5.41) is 3.02. The number of methoxy groups -OCH3 is 1. The molecular weight excluding hydrogens is 427 g/mol. The standard InChI is InChI=1S/C22H30F3N3O4/c1-15(21(30)26-17-5-6-17)27-9-11-28(12-10-27)20(29)8-4-16-3-7-18(19(13-16)31-2)32-14-22(23,24)25/h3,7,13,15,17H,4-6,8-12,14H2,1-2H3,(H,26,30). The summed E-state index contributed by atoms with van der Waals surface area (Å²) in [7, 11) is 1.36. The van der Waals surface area contributed by atoms with E-state index in [0.717, 1.165) is 18.4 Å². The lowest BCUT2D eigenvalue weighted by Crippen LogP contribution is -2.55. The Morgan fingerprint density at radius 1 is 1.16 bits per heavy atom. The number of carbonyl (C=O) groups excluding carboxylic acids is 2. The first-order valence-corrected chi connectivity index (χ1v) is 10.8. The highest BCUT2D eigenvalue weighted by Gasteiger charge is 2.31. The zero-order valence-electron chi connectivity index (χ0n) is 18.4. The molecule has 1 unspecified atom stereocenters. The van der Waals surface area contributed by atoms with Gasteiger partial charge in [0.2, 0.25) is 11.8 Å². The maximum Gasteiger partial charge on any atom is 0.422 e. The van der Waals surface area contributed by atoms with E-state index < -0.39 is 12.8 Å². The molecule has 0 aromatic heterocycles. The molecule has 1 aromatic carbocycles. The third kappa shape index (κ3) is 7.01. The Kier molecular flexibility index (Phi) is 7.86. The molecule has 1 saturated heterocycles. The van der Waals surface area contributed by atoms with Crippen LogP contribution >= 0.6 is 0 Å². The van der Waals surface area contributed by atoms with Gasteiger partial charge in [-0.3, -0.25) is 14.5 Å². The Morgan fingerprint density at radius 2 is 1.84 bits per heavy atom. The van der Waals surface area contributed by atoms with Crippen LogP contribution in [0.25, 0.3) is 0 Å². The summed E-state index contributed by atoms with van der Waals surface area (Å²) < 4.78 is 47.0. The Balaban J connectivity index is 1.45. The van der Waals surface area contributed by atoms with E-state index in [1.807, 2.05) is 6.92 Å². The van der Waals surface area contributed by atoms with Crippen molar-refractivity contribution in [3.05, 3.63) is 23.8 Å². The van der Waals surface area contributed by atoms with Crippen molar-refractivity contribution in [1.29, 1.82) is 0 Å². The molecule has 1 aromatic rings. The highest BCUT2D eigenvalue weighted by Crippen LogP contribution is 2.30. The number of amides is 2. The summed E-state index contributed by atoms with van der Waals surface area (Å²) in [6, 6.07) is 4.78. The summed E-state index contributed by atoms with van der Waals surface area (Å²) in [5.41, 5.74) is 0.776. The van der Waals surface area contributed by atoms with Crippen LogP contribution in [0.2, 0.25) is 0 Å². The quantitative estimate of drug-likeness (QED) is 0.617. The van der Waals surface area contributed by atoms with Gasteiger partial charge in [0.1, 0.15) is 0 Å². The Bertz CT molecular complexity index is 806. The molecule has 178 valence electrons. The summed E-state index contributed by atoms with van der Waals surface area (Å²) in [6.45, 7) is 2.91. The molecule has 3 rings (SSSR count). The van der Waals surface area contributed by atoms with Crippen molar-refractivity contribution in [3.63, 3.8) is 0 Å².